The molecule has 8 nitrogen and oxygen atoms in total. The third-order valence-electron chi connectivity index (χ3n) is 5.76. The van der Waals surface area contributed by atoms with Crippen molar-refractivity contribution in [1.82, 2.24) is 15.2 Å². The number of hydrogen-bond donors (Lipinski definition) is 1. The number of nitrogens with zero attached hydrogens (tertiary/aromatic N) is 2. The van der Waals surface area contributed by atoms with Gasteiger partial charge < -0.3 is 10.1 Å². The van der Waals surface area contributed by atoms with Crippen molar-refractivity contribution in [2.45, 2.75) is 24.6 Å². The van der Waals surface area contributed by atoms with E-state index in [2.05, 4.69) is 10.3 Å². The molecule has 3 amide bonds. The summed E-state index contributed by atoms with van der Waals surface area (Å²) >= 11 is 1.01. The van der Waals surface area contributed by atoms with Crippen LogP contribution in [0.25, 0.3) is 10.2 Å². The standard InChI is InChI=1S/C23H18F3N3O5S/c1-27-17(30)10-22(21(33)34-2)14-6-4-3-5-13(14)19(31)29(20(22)32)11-18-28-15-9-12(23(24,25)26)7-8-16(15)35-18/h3-9H,10-11H2,1-2H3,(H,27,30). The highest BCUT2D eigenvalue weighted by Gasteiger charge is 2.58. The second-order valence-corrected chi connectivity index (χ2v) is 8.89. The van der Waals surface area contributed by atoms with Crippen molar-refractivity contribution < 1.29 is 37.1 Å². The number of nitrogens with one attached hydrogen (secondary N) is 1. The summed E-state index contributed by atoms with van der Waals surface area (Å²) in [5, 5.41) is 2.55. The molecule has 1 aliphatic rings. The molecule has 2 heterocycles. The number of hydrogen-bond acceptors (Lipinski definition) is 7. The molecule has 2 aromatic carbocycles. The van der Waals surface area contributed by atoms with E-state index in [4.69, 9.17) is 4.74 Å². The van der Waals surface area contributed by atoms with Gasteiger partial charge in [-0.25, -0.2) is 4.98 Å². The van der Waals surface area contributed by atoms with Crippen LogP contribution >= 0.6 is 11.3 Å². The predicted molar refractivity (Wildman–Crippen MR) is 118 cm³/mol. The normalized spacial score (nSPS) is 17.9. The zero-order valence-corrected chi connectivity index (χ0v) is 19.2. The Hall–Kier alpha value is -3.80. The summed E-state index contributed by atoms with van der Waals surface area (Å²) < 4.78 is 44.5. The van der Waals surface area contributed by atoms with Crippen LogP contribution in [0.3, 0.4) is 0 Å². The van der Waals surface area contributed by atoms with Crippen molar-refractivity contribution in [2.75, 3.05) is 14.2 Å². The molecule has 0 spiro atoms. The molecule has 35 heavy (non-hydrogen) atoms. The van der Waals surface area contributed by atoms with Crippen molar-refractivity contribution in [2.24, 2.45) is 0 Å². The lowest BCUT2D eigenvalue weighted by molar-refractivity contribution is -0.158. The predicted octanol–water partition coefficient (Wildman–Crippen LogP) is 3.04. The van der Waals surface area contributed by atoms with Gasteiger partial charge in [0.05, 0.1) is 35.9 Å². The number of fused-ring (bicyclic) bond motifs is 2. The molecule has 0 radical (unpaired) electrons. The topological polar surface area (TPSA) is 106 Å². The van der Waals surface area contributed by atoms with Crippen molar-refractivity contribution in [3.63, 3.8) is 0 Å². The Morgan fingerprint density at radius 2 is 1.89 bits per heavy atom. The minimum atomic E-state index is -4.56. The molecule has 3 aromatic rings. The van der Waals surface area contributed by atoms with Gasteiger partial charge in [-0.1, -0.05) is 18.2 Å². The summed E-state index contributed by atoms with van der Waals surface area (Å²) in [6.45, 7) is -0.404. The number of halogens is 3. The van der Waals surface area contributed by atoms with Crippen LogP contribution in [0.5, 0.6) is 0 Å². The number of esters is 1. The van der Waals surface area contributed by atoms with Crippen molar-refractivity contribution in [3.05, 3.63) is 64.2 Å². The average Bonchev–Trinajstić information content (AvgIpc) is 3.25. The minimum absolute atomic E-state index is 0.0295. The molecule has 182 valence electrons. The van der Waals surface area contributed by atoms with Gasteiger partial charge >= 0.3 is 12.1 Å². The maximum absolute atomic E-state index is 13.7. The lowest BCUT2D eigenvalue weighted by atomic mass is 9.71. The van der Waals surface area contributed by atoms with Crippen LogP contribution in [0.4, 0.5) is 13.2 Å². The zero-order valence-electron chi connectivity index (χ0n) is 18.4. The Labute approximate surface area is 200 Å². The van der Waals surface area contributed by atoms with E-state index in [9.17, 15) is 32.3 Å². The summed E-state index contributed by atoms with van der Waals surface area (Å²) in [7, 11) is 2.40. The molecule has 0 saturated heterocycles. The third-order valence-corrected chi connectivity index (χ3v) is 6.78. The summed E-state index contributed by atoms with van der Waals surface area (Å²) in [6.07, 6.45) is -5.16. The number of amides is 3. The lowest BCUT2D eigenvalue weighted by Gasteiger charge is -2.39. The number of methoxy groups -OCH3 is 1. The number of rotatable bonds is 5. The van der Waals surface area contributed by atoms with Gasteiger partial charge in [0.25, 0.3) is 11.8 Å². The van der Waals surface area contributed by atoms with Gasteiger partial charge in [0.15, 0.2) is 5.41 Å². The molecule has 4 rings (SSSR count). The number of thiazole rings is 1. The molecule has 0 bridgehead atoms. The van der Waals surface area contributed by atoms with Crippen LogP contribution in [0, 0.1) is 0 Å². The minimum Gasteiger partial charge on any atom is -0.468 e. The van der Waals surface area contributed by atoms with Gasteiger partial charge in [0.2, 0.25) is 5.91 Å². The van der Waals surface area contributed by atoms with Crippen LogP contribution in [0.1, 0.15) is 32.9 Å². The highest BCUT2D eigenvalue weighted by molar-refractivity contribution is 7.18. The molecule has 1 aliphatic heterocycles. The van der Waals surface area contributed by atoms with Crippen LogP contribution in [0.15, 0.2) is 42.5 Å². The zero-order chi connectivity index (χ0) is 25.5. The number of carbonyl (C=O) groups excluding carboxylic acids is 4. The van der Waals surface area contributed by atoms with E-state index in [0.29, 0.717) is 4.70 Å². The van der Waals surface area contributed by atoms with Gasteiger partial charge in [0, 0.05) is 12.6 Å². The number of carbonyl (C=O) groups is 4. The molecular weight excluding hydrogens is 487 g/mol. The van der Waals surface area contributed by atoms with Gasteiger partial charge in [-0.2, -0.15) is 13.2 Å². The molecule has 1 unspecified atom stereocenters. The second kappa shape index (κ2) is 8.77. The first-order chi connectivity index (χ1) is 16.5. The maximum atomic E-state index is 13.7. The molecule has 0 saturated carbocycles. The fourth-order valence-electron chi connectivity index (χ4n) is 4.07. The molecule has 1 N–H and O–H groups in total. The molecule has 1 atom stereocenters. The smallest absolute Gasteiger partial charge is 0.416 e. The fourth-order valence-corrected chi connectivity index (χ4v) is 5.00. The van der Waals surface area contributed by atoms with E-state index >= 15 is 0 Å². The van der Waals surface area contributed by atoms with Crippen LogP contribution in [-0.2, 0) is 37.3 Å². The van der Waals surface area contributed by atoms with Crippen LogP contribution < -0.4 is 5.32 Å². The summed E-state index contributed by atoms with van der Waals surface area (Å²) in [5.74, 6) is -3.35. The molecule has 1 aromatic heterocycles. The van der Waals surface area contributed by atoms with E-state index in [1.807, 2.05) is 0 Å². The third kappa shape index (κ3) is 4.03. The largest absolute Gasteiger partial charge is 0.468 e. The van der Waals surface area contributed by atoms with Crippen molar-refractivity contribution in [1.29, 1.82) is 0 Å². The van der Waals surface area contributed by atoms with E-state index in [-0.39, 0.29) is 21.7 Å². The van der Waals surface area contributed by atoms with Gasteiger partial charge in [0.1, 0.15) is 5.01 Å². The Morgan fingerprint density at radius 3 is 2.54 bits per heavy atom. The summed E-state index contributed by atoms with van der Waals surface area (Å²) in [5.41, 5.74) is -2.87. The Balaban J connectivity index is 1.81. The molecule has 12 heteroatoms. The number of imide groups is 1. The van der Waals surface area contributed by atoms with Crippen LogP contribution in [-0.4, -0.2) is 47.7 Å². The Kier molecular flexibility index (Phi) is 6.09. The first-order valence-electron chi connectivity index (χ1n) is 10.2. The van der Waals surface area contributed by atoms with Gasteiger partial charge in [-0.05, 0) is 29.8 Å². The maximum Gasteiger partial charge on any atom is 0.416 e. The van der Waals surface area contributed by atoms with E-state index in [1.165, 1.54) is 31.3 Å². The second-order valence-electron chi connectivity index (χ2n) is 7.78. The average molecular weight is 505 g/mol. The highest BCUT2D eigenvalue weighted by Crippen LogP contribution is 2.40. The SMILES string of the molecule is CNC(=O)CC1(C(=O)OC)C(=O)N(Cc2nc3cc(C(F)(F)F)ccc3s2)C(=O)c2ccccc21. The number of ether oxygens (including phenoxy) is 1. The van der Waals surface area contributed by atoms with Crippen molar-refractivity contribution in [3.8, 4) is 0 Å². The molecule has 0 aliphatic carbocycles. The fraction of sp³-hybridized carbons (Fsp3) is 0.261. The van der Waals surface area contributed by atoms with Gasteiger partial charge in [-0.3, -0.25) is 24.1 Å². The summed E-state index contributed by atoms with van der Waals surface area (Å²) in [6, 6.07) is 8.98. The first kappa shape index (κ1) is 24.3. The monoisotopic (exact) mass is 505 g/mol. The van der Waals surface area contributed by atoms with E-state index in [0.717, 1.165) is 35.5 Å². The van der Waals surface area contributed by atoms with E-state index in [1.54, 1.807) is 6.07 Å². The van der Waals surface area contributed by atoms with Crippen molar-refractivity contribution >= 4 is 45.2 Å². The van der Waals surface area contributed by atoms with Crippen LogP contribution in [0.2, 0.25) is 0 Å². The summed E-state index contributed by atoms with van der Waals surface area (Å²) in [4.78, 5) is 57.3. The van der Waals surface area contributed by atoms with Gasteiger partial charge in [-0.15, -0.1) is 11.3 Å². The first-order valence-corrected chi connectivity index (χ1v) is 11.1. The van der Waals surface area contributed by atoms with E-state index < -0.39 is 53.8 Å². The molecular formula is C23H18F3N3O5S. The number of alkyl halides is 3. The lowest BCUT2D eigenvalue weighted by Crippen LogP contribution is -2.59. The highest BCUT2D eigenvalue weighted by atomic mass is 32.1. The quantitative estimate of drug-likeness (QED) is 0.325. The number of benzene rings is 2. The number of aromatic nitrogens is 1. The Morgan fingerprint density at radius 1 is 1.17 bits per heavy atom. The Bertz CT molecular complexity index is 1370. The molecule has 0 fully saturated rings.